The summed E-state index contributed by atoms with van der Waals surface area (Å²) in [5, 5.41) is 7.97. The molecule has 8 heteroatoms. The normalized spacial score (nSPS) is 13.6. The van der Waals surface area contributed by atoms with Gasteiger partial charge in [0.1, 0.15) is 22.3 Å². The van der Waals surface area contributed by atoms with Gasteiger partial charge in [0.25, 0.3) is 6.71 Å². The number of hydrogen-bond donors (Lipinski definition) is 0. The predicted octanol–water partition coefficient (Wildman–Crippen LogP) is 21.8. The first-order valence-electron chi connectivity index (χ1n) is 33.1. The minimum Gasteiger partial charge on any atom is -0.456 e. The van der Waals surface area contributed by atoms with E-state index >= 15 is 0 Å². The number of rotatable bonds is 8. The molecule has 6 nitrogen and oxygen atoms in total. The molecule has 0 aliphatic carbocycles. The Morgan fingerprint density at radius 1 is 0.367 bits per heavy atom. The quantitative estimate of drug-likeness (QED) is 0.141. The molecule has 0 saturated heterocycles. The number of aryl methyl sites for hydroxylation is 2. The SMILES string of the molecule is [2H]C([2H])([2H])c1cc2c(c3c1oc1ccc4ccccc4c13)N(c1ccccc1)c1cccc3c1B2c1ccccc1N3c1ccccc1.[2H]C([2H])([2H])c1ccc(N(c2ccccc2)c2cccc(N(c3ccccc3)c3ccccc3)c2Cl)c2c1oc1ccc3ccccc3c12. The van der Waals surface area contributed by atoms with Crippen molar-refractivity contribution >= 4 is 168 Å². The molecule has 0 spiro atoms. The topological polar surface area (TPSA) is 39.2 Å². The van der Waals surface area contributed by atoms with E-state index in [1.807, 2.05) is 158 Å². The highest BCUT2D eigenvalue weighted by Gasteiger charge is 2.44. The van der Waals surface area contributed by atoms with Gasteiger partial charge in [0.15, 0.2) is 0 Å². The van der Waals surface area contributed by atoms with E-state index in [0.29, 0.717) is 32.7 Å². The van der Waals surface area contributed by atoms with E-state index in [1.165, 1.54) is 0 Å². The highest BCUT2D eigenvalue weighted by Crippen LogP contribution is 2.52. The summed E-state index contributed by atoms with van der Waals surface area (Å²) in [5.74, 6) is 0. The molecule has 18 rings (SSSR count). The van der Waals surface area contributed by atoms with Gasteiger partial charge in [-0.15, -0.1) is 0 Å². The van der Waals surface area contributed by atoms with Crippen LogP contribution >= 0.6 is 11.6 Å². The number of benzene rings is 14. The van der Waals surface area contributed by atoms with Crippen LogP contribution in [0, 0.1) is 13.7 Å². The van der Waals surface area contributed by atoms with Gasteiger partial charge < -0.3 is 28.4 Å². The monoisotopic (exact) mass is 1180 g/mol. The second-order valence-electron chi connectivity index (χ2n) is 22.8. The van der Waals surface area contributed by atoms with Crippen molar-refractivity contribution in [1.29, 1.82) is 0 Å². The first-order valence-corrected chi connectivity index (χ1v) is 30.5. The Kier molecular flexibility index (Phi) is 11.2. The van der Waals surface area contributed by atoms with E-state index in [-0.39, 0.29) is 17.8 Å². The second kappa shape index (κ2) is 21.6. The predicted molar refractivity (Wildman–Crippen MR) is 380 cm³/mol. The van der Waals surface area contributed by atoms with Gasteiger partial charge in [0, 0.05) is 64.5 Å². The maximum atomic E-state index is 8.79. The van der Waals surface area contributed by atoms with Gasteiger partial charge in [0.05, 0.1) is 38.5 Å². The Morgan fingerprint density at radius 3 is 1.43 bits per heavy atom. The Balaban J connectivity index is 0.000000145. The molecule has 16 aromatic rings. The van der Waals surface area contributed by atoms with Crippen molar-refractivity contribution < 1.29 is 17.1 Å². The molecule has 14 aromatic carbocycles. The summed E-state index contributed by atoms with van der Waals surface area (Å²) in [5.41, 5.74) is 17.0. The van der Waals surface area contributed by atoms with E-state index in [0.717, 1.165) is 122 Å². The number of furan rings is 2. The third kappa shape index (κ3) is 8.42. The fraction of sp³-hybridized carbons (Fsp3) is 0.0244. The van der Waals surface area contributed by atoms with E-state index in [1.54, 1.807) is 6.07 Å². The fourth-order valence-corrected chi connectivity index (χ4v) is 14.3. The highest BCUT2D eigenvalue weighted by atomic mass is 35.5. The molecule has 0 atom stereocenters. The Labute approximate surface area is 535 Å². The number of para-hydroxylation sites is 6. The number of hydrogen-bond acceptors (Lipinski definition) is 6. The van der Waals surface area contributed by atoms with Crippen LogP contribution in [0.15, 0.2) is 312 Å². The molecule has 2 aromatic heterocycles. The van der Waals surface area contributed by atoms with Gasteiger partial charge >= 0.3 is 0 Å². The lowest BCUT2D eigenvalue weighted by Crippen LogP contribution is -2.61. The minimum atomic E-state index is -2.40. The molecule has 0 amide bonds. The molecule has 2 aliphatic rings. The van der Waals surface area contributed by atoms with Gasteiger partial charge in [0.2, 0.25) is 0 Å². The van der Waals surface area contributed by atoms with Crippen LogP contribution in [-0.2, 0) is 0 Å². The fourth-order valence-electron chi connectivity index (χ4n) is 14.0. The van der Waals surface area contributed by atoms with Crippen molar-refractivity contribution in [3.8, 4) is 0 Å². The van der Waals surface area contributed by atoms with Crippen LogP contribution in [0.25, 0.3) is 65.4 Å². The molecule has 0 radical (unpaired) electrons. The summed E-state index contributed by atoms with van der Waals surface area (Å²) in [6.07, 6.45) is 0. The zero-order chi connectivity index (χ0) is 65.0. The molecule has 426 valence electrons. The van der Waals surface area contributed by atoms with Gasteiger partial charge in [-0.3, -0.25) is 0 Å². The molecule has 4 heterocycles. The zero-order valence-electron chi connectivity index (χ0n) is 54.4. The van der Waals surface area contributed by atoms with Gasteiger partial charge in [-0.05, 0) is 172 Å². The number of anilines is 12. The molecule has 0 N–H and O–H groups in total. The van der Waals surface area contributed by atoms with Crippen LogP contribution in [0.5, 0.6) is 0 Å². The maximum Gasteiger partial charge on any atom is 0.252 e. The average molecular weight is 1180 g/mol. The Hall–Kier alpha value is -11.2. The van der Waals surface area contributed by atoms with E-state index in [2.05, 4.69) is 159 Å². The van der Waals surface area contributed by atoms with Crippen LogP contribution in [-0.4, -0.2) is 6.71 Å². The van der Waals surface area contributed by atoms with Crippen molar-refractivity contribution in [2.75, 3.05) is 19.6 Å². The van der Waals surface area contributed by atoms with E-state index in [9.17, 15) is 0 Å². The number of halogens is 1. The third-order valence-electron chi connectivity index (χ3n) is 17.7. The van der Waals surface area contributed by atoms with Crippen LogP contribution in [0.2, 0.25) is 5.02 Å². The Morgan fingerprint density at radius 2 is 0.833 bits per heavy atom. The van der Waals surface area contributed by atoms with Crippen LogP contribution < -0.4 is 36.0 Å². The van der Waals surface area contributed by atoms with Gasteiger partial charge in [-0.25, -0.2) is 0 Å². The molecule has 0 saturated carbocycles. The summed E-state index contributed by atoms with van der Waals surface area (Å²) in [6, 6.07) is 102. The van der Waals surface area contributed by atoms with Crippen LogP contribution in [0.1, 0.15) is 19.4 Å². The molecule has 0 unspecified atom stereocenters. The Bertz CT molecular complexity index is 5660. The molecule has 90 heavy (non-hydrogen) atoms. The largest absolute Gasteiger partial charge is 0.456 e. The van der Waals surface area contributed by atoms with Gasteiger partial charge in [-0.1, -0.05) is 206 Å². The average Bonchev–Trinajstić information content (AvgIpc) is 1.61. The number of fused-ring (bicyclic) bond motifs is 15. The minimum absolute atomic E-state index is 0.161. The van der Waals surface area contributed by atoms with Crippen LogP contribution in [0.3, 0.4) is 0 Å². The smallest absolute Gasteiger partial charge is 0.252 e. The molecular formula is C82H56BClN4O2. The molecular weight excluding hydrogens is 1120 g/mol. The first kappa shape index (κ1) is 46.9. The summed E-state index contributed by atoms with van der Waals surface area (Å²) in [4.78, 5) is 8.90. The third-order valence-corrected chi connectivity index (χ3v) is 18.1. The molecule has 0 fully saturated rings. The van der Waals surface area contributed by atoms with Crippen molar-refractivity contribution in [2.24, 2.45) is 0 Å². The zero-order valence-corrected chi connectivity index (χ0v) is 49.2. The van der Waals surface area contributed by atoms with Crippen molar-refractivity contribution in [2.45, 2.75) is 13.7 Å². The summed E-state index contributed by atoms with van der Waals surface area (Å²) in [7, 11) is 0. The second-order valence-corrected chi connectivity index (χ2v) is 23.1. The number of nitrogens with zero attached hydrogens (tertiary/aromatic N) is 4. The van der Waals surface area contributed by atoms with Crippen molar-refractivity contribution in [3.05, 3.63) is 319 Å². The van der Waals surface area contributed by atoms with Crippen molar-refractivity contribution in [3.63, 3.8) is 0 Å². The van der Waals surface area contributed by atoms with Crippen molar-refractivity contribution in [1.82, 2.24) is 0 Å². The highest BCUT2D eigenvalue weighted by molar-refractivity contribution is 7.00. The lowest BCUT2D eigenvalue weighted by molar-refractivity contribution is 0.666. The van der Waals surface area contributed by atoms with E-state index in [4.69, 9.17) is 28.7 Å². The van der Waals surface area contributed by atoms with E-state index < -0.39 is 13.7 Å². The first-order chi connectivity index (χ1) is 46.9. The summed E-state index contributed by atoms with van der Waals surface area (Å²) in [6.45, 7) is -5.01. The summed E-state index contributed by atoms with van der Waals surface area (Å²) < 4.78 is 64.6. The molecule has 0 bridgehead atoms. The molecule has 2 aliphatic heterocycles. The van der Waals surface area contributed by atoms with Crippen LogP contribution in [0.4, 0.5) is 68.2 Å². The standard InChI is InChI=1S/C41H27BN2O.C41H29ClN2O/c1-26-25-32-40(38-37-30-18-9-8-13-27(30)23-24-36(37)45-41(26)38)44(29-16-6-3-7-17-29)35-22-12-21-34-39(35)42(32)31-19-10-11-20-33(31)43(34)28-14-4-2-5-15-28;1-28-24-26-34(39-38-33-21-12-11-14-29(33)25-27-37(38)45-41(28)39)44(32-19-9-4-10-20-32)36-23-13-22-35(40(36)42)43(30-15-5-2-6-16-30)31-17-7-3-8-18-31/h2-25H,1H3;2-27H,1H3/i2*1D3. The lowest BCUT2D eigenvalue weighted by Gasteiger charge is -2.44. The lowest BCUT2D eigenvalue weighted by atomic mass is 9.33. The maximum absolute atomic E-state index is 8.79. The van der Waals surface area contributed by atoms with Gasteiger partial charge in [-0.2, -0.15) is 0 Å². The summed E-state index contributed by atoms with van der Waals surface area (Å²) >= 11 is 7.54.